The Kier molecular flexibility index (Phi) is 13.4. The summed E-state index contributed by atoms with van der Waals surface area (Å²) in [4.78, 5) is 22.9. The van der Waals surface area contributed by atoms with Gasteiger partial charge in [0.2, 0.25) is 0 Å². The Balaban J connectivity index is 3.37. The summed E-state index contributed by atoms with van der Waals surface area (Å²) in [5.41, 5.74) is -0.902. The third-order valence-corrected chi connectivity index (χ3v) is 3.68. The lowest BCUT2D eigenvalue weighted by Gasteiger charge is -2.19. The molecule has 0 atom stereocenters. The first-order chi connectivity index (χ1) is 13.0. The lowest BCUT2D eigenvalue weighted by atomic mass is 10.1. The average molecular weight is 399 g/mol. The third kappa shape index (κ3) is 20.6. The molecule has 6 nitrogen and oxygen atoms in total. The normalized spacial score (nSPS) is 12.1. The van der Waals surface area contributed by atoms with Gasteiger partial charge in [-0.3, -0.25) is 5.32 Å². The van der Waals surface area contributed by atoms with Gasteiger partial charge in [-0.05, 0) is 60.8 Å². The van der Waals surface area contributed by atoms with Crippen LogP contribution in [0.3, 0.4) is 0 Å². The number of carbonyl (C=O) groups excluding carboxylic acids is 2. The molecular weight excluding hydrogens is 356 g/mol. The van der Waals surface area contributed by atoms with Crippen molar-refractivity contribution in [2.24, 2.45) is 0 Å². The highest BCUT2D eigenvalue weighted by Crippen LogP contribution is 2.10. The van der Waals surface area contributed by atoms with Gasteiger partial charge >= 0.3 is 12.2 Å². The SMILES string of the molecule is CC(C)(C)OC(=O)NC=CCCCCCCCCCCNC(=O)OC(C)(C)C. The summed E-state index contributed by atoms with van der Waals surface area (Å²) in [6, 6.07) is 0. The van der Waals surface area contributed by atoms with Crippen LogP contribution < -0.4 is 10.6 Å². The van der Waals surface area contributed by atoms with E-state index in [-0.39, 0.29) is 6.09 Å². The smallest absolute Gasteiger partial charge is 0.411 e. The van der Waals surface area contributed by atoms with E-state index in [9.17, 15) is 9.59 Å². The van der Waals surface area contributed by atoms with Crippen molar-refractivity contribution in [1.29, 1.82) is 0 Å². The Morgan fingerprint density at radius 1 is 0.714 bits per heavy atom. The van der Waals surface area contributed by atoms with Crippen LogP contribution in [0.4, 0.5) is 9.59 Å². The zero-order valence-corrected chi connectivity index (χ0v) is 18.9. The van der Waals surface area contributed by atoms with Crippen LogP contribution in [0.1, 0.15) is 99.3 Å². The number of alkyl carbamates (subject to hydrolysis) is 2. The summed E-state index contributed by atoms with van der Waals surface area (Å²) in [7, 11) is 0. The van der Waals surface area contributed by atoms with Crippen molar-refractivity contribution in [2.45, 2.75) is 111 Å². The molecule has 6 heteroatoms. The lowest BCUT2D eigenvalue weighted by molar-refractivity contribution is 0.0522. The van der Waals surface area contributed by atoms with Crippen molar-refractivity contribution < 1.29 is 19.1 Å². The number of rotatable bonds is 12. The molecule has 2 amide bonds. The molecule has 0 spiro atoms. The Morgan fingerprint density at radius 3 is 1.71 bits per heavy atom. The van der Waals surface area contributed by atoms with Gasteiger partial charge in [0.05, 0.1) is 0 Å². The molecule has 0 aliphatic carbocycles. The predicted octanol–water partition coefficient (Wildman–Crippen LogP) is 6.06. The molecule has 0 bridgehead atoms. The van der Waals surface area contributed by atoms with E-state index in [4.69, 9.17) is 9.47 Å². The Labute approximate surface area is 171 Å². The summed E-state index contributed by atoms with van der Waals surface area (Å²) in [6.45, 7) is 11.8. The summed E-state index contributed by atoms with van der Waals surface area (Å²) >= 11 is 0. The number of carbonyl (C=O) groups is 2. The first-order valence-corrected chi connectivity index (χ1v) is 10.6. The molecule has 0 aromatic rings. The van der Waals surface area contributed by atoms with Crippen molar-refractivity contribution in [3.8, 4) is 0 Å². The van der Waals surface area contributed by atoms with Crippen LogP contribution in [0.5, 0.6) is 0 Å². The predicted molar refractivity (Wildman–Crippen MR) is 114 cm³/mol. The monoisotopic (exact) mass is 398 g/mol. The van der Waals surface area contributed by atoms with Gasteiger partial charge in [0.15, 0.2) is 0 Å². The van der Waals surface area contributed by atoms with Crippen LogP contribution in [0.25, 0.3) is 0 Å². The highest BCUT2D eigenvalue weighted by molar-refractivity contribution is 5.68. The molecule has 0 radical (unpaired) electrons. The molecular formula is C22H42N2O4. The quantitative estimate of drug-likeness (QED) is 0.392. The van der Waals surface area contributed by atoms with Gasteiger partial charge in [0, 0.05) is 12.7 Å². The van der Waals surface area contributed by atoms with E-state index in [1.807, 2.05) is 47.6 Å². The molecule has 0 aliphatic rings. The molecule has 0 aliphatic heterocycles. The van der Waals surface area contributed by atoms with E-state index in [0.717, 1.165) is 25.7 Å². The fraction of sp³-hybridized carbons (Fsp3) is 0.818. The molecule has 164 valence electrons. The molecule has 0 rings (SSSR count). The number of hydrogen-bond acceptors (Lipinski definition) is 4. The zero-order chi connectivity index (χ0) is 21.5. The largest absolute Gasteiger partial charge is 0.444 e. The highest BCUT2D eigenvalue weighted by Gasteiger charge is 2.15. The summed E-state index contributed by atoms with van der Waals surface area (Å²) in [5.74, 6) is 0. The van der Waals surface area contributed by atoms with Crippen molar-refractivity contribution in [1.82, 2.24) is 10.6 Å². The Hall–Kier alpha value is -1.72. The maximum Gasteiger partial charge on any atom is 0.411 e. The molecule has 2 N–H and O–H groups in total. The fourth-order valence-electron chi connectivity index (χ4n) is 2.47. The highest BCUT2D eigenvalue weighted by atomic mass is 16.6. The molecule has 0 saturated carbocycles. The number of amides is 2. The van der Waals surface area contributed by atoms with E-state index in [2.05, 4.69) is 10.6 Å². The second kappa shape index (κ2) is 14.3. The topological polar surface area (TPSA) is 76.7 Å². The minimum Gasteiger partial charge on any atom is -0.444 e. The van der Waals surface area contributed by atoms with Crippen LogP contribution in [0.2, 0.25) is 0 Å². The number of allylic oxidation sites excluding steroid dienone is 1. The molecule has 0 fully saturated rings. The summed E-state index contributed by atoms with van der Waals surface area (Å²) in [5, 5.41) is 5.41. The van der Waals surface area contributed by atoms with Crippen molar-refractivity contribution >= 4 is 12.2 Å². The van der Waals surface area contributed by atoms with Crippen LogP contribution >= 0.6 is 0 Å². The van der Waals surface area contributed by atoms with E-state index >= 15 is 0 Å². The van der Waals surface area contributed by atoms with Gasteiger partial charge in [0.25, 0.3) is 0 Å². The minimum absolute atomic E-state index is 0.331. The number of unbranched alkanes of at least 4 members (excludes halogenated alkanes) is 8. The second-order valence-electron chi connectivity index (χ2n) is 9.09. The van der Waals surface area contributed by atoms with Crippen molar-refractivity contribution in [2.75, 3.05) is 6.54 Å². The summed E-state index contributed by atoms with van der Waals surface area (Å²) < 4.78 is 10.3. The molecule has 0 aromatic heterocycles. The van der Waals surface area contributed by atoms with Crippen LogP contribution in [0.15, 0.2) is 12.3 Å². The zero-order valence-electron chi connectivity index (χ0n) is 18.9. The van der Waals surface area contributed by atoms with Gasteiger partial charge in [-0.25, -0.2) is 9.59 Å². The number of hydrogen-bond donors (Lipinski definition) is 2. The average Bonchev–Trinajstić information content (AvgIpc) is 2.51. The van der Waals surface area contributed by atoms with Crippen molar-refractivity contribution in [3.05, 3.63) is 12.3 Å². The van der Waals surface area contributed by atoms with E-state index in [1.54, 1.807) is 6.20 Å². The van der Waals surface area contributed by atoms with E-state index < -0.39 is 17.3 Å². The van der Waals surface area contributed by atoms with Gasteiger partial charge < -0.3 is 14.8 Å². The molecule has 0 heterocycles. The molecule has 0 unspecified atom stereocenters. The van der Waals surface area contributed by atoms with Gasteiger partial charge in [0.1, 0.15) is 11.2 Å². The summed E-state index contributed by atoms with van der Waals surface area (Å²) in [6.07, 6.45) is 13.3. The lowest BCUT2D eigenvalue weighted by Crippen LogP contribution is -2.32. The number of ether oxygens (including phenoxy) is 2. The number of nitrogens with one attached hydrogen (secondary N) is 2. The third-order valence-electron chi connectivity index (χ3n) is 3.68. The fourth-order valence-corrected chi connectivity index (χ4v) is 2.47. The van der Waals surface area contributed by atoms with E-state index in [0.29, 0.717) is 6.54 Å². The van der Waals surface area contributed by atoms with E-state index in [1.165, 1.54) is 32.1 Å². The van der Waals surface area contributed by atoms with Gasteiger partial charge in [-0.2, -0.15) is 0 Å². The maximum atomic E-state index is 11.5. The van der Waals surface area contributed by atoms with Crippen LogP contribution in [-0.4, -0.2) is 29.9 Å². The second-order valence-corrected chi connectivity index (χ2v) is 9.09. The molecule has 0 aromatic carbocycles. The maximum absolute atomic E-state index is 11.5. The van der Waals surface area contributed by atoms with Crippen LogP contribution in [0, 0.1) is 0 Å². The Morgan fingerprint density at radius 2 is 1.18 bits per heavy atom. The van der Waals surface area contributed by atoms with Gasteiger partial charge in [-0.1, -0.05) is 44.6 Å². The van der Waals surface area contributed by atoms with Crippen LogP contribution in [-0.2, 0) is 9.47 Å². The first-order valence-electron chi connectivity index (χ1n) is 10.6. The van der Waals surface area contributed by atoms with Gasteiger partial charge in [-0.15, -0.1) is 0 Å². The first kappa shape index (κ1) is 26.3. The minimum atomic E-state index is -0.466. The molecule has 28 heavy (non-hydrogen) atoms. The van der Waals surface area contributed by atoms with Crippen molar-refractivity contribution in [3.63, 3.8) is 0 Å². The molecule has 0 saturated heterocycles. The Bertz CT molecular complexity index is 462. The standard InChI is InChI=1S/C22H42N2O4/c1-21(2,3)27-19(25)23-17-15-13-11-9-7-8-10-12-14-16-18-24-20(26)28-22(4,5)6/h15,17H,7-14,16,18H2,1-6H3,(H,23,25)(H,24,26).